The molecule has 164 valence electrons. The summed E-state index contributed by atoms with van der Waals surface area (Å²) in [4.78, 5) is 0. The van der Waals surface area contributed by atoms with Crippen molar-refractivity contribution in [2.24, 2.45) is 11.8 Å². The van der Waals surface area contributed by atoms with Crippen LogP contribution >= 0.6 is 0 Å². The fraction of sp³-hybridized carbons (Fsp3) is 1.00. The molecule has 0 saturated carbocycles. The Kier molecular flexibility index (Phi) is 22.2. The van der Waals surface area contributed by atoms with Crippen molar-refractivity contribution in [2.45, 2.75) is 143 Å². The van der Waals surface area contributed by atoms with Crippen molar-refractivity contribution in [3.8, 4) is 0 Å². The van der Waals surface area contributed by atoms with Gasteiger partial charge in [-0.15, -0.1) is 0 Å². The normalized spacial score (nSPS) is 12.8. The van der Waals surface area contributed by atoms with Crippen LogP contribution in [0.25, 0.3) is 0 Å². The summed E-state index contributed by atoms with van der Waals surface area (Å²) < 4.78 is 6.06. The molecule has 0 saturated heterocycles. The zero-order valence-electron chi connectivity index (χ0n) is 19.7. The summed E-state index contributed by atoms with van der Waals surface area (Å²) in [5.41, 5.74) is 0. The minimum atomic E-state index is 0.810. The van der Waals surface area contributed by atoms with Gasteiger partial charge in [0.15, 0.2) is 0 Å². The van der Waals surface area contributed by atoms with Crippen LogP contribution in [-0.2, 0) is 4.74 Å². The zero-order valence-corrected chi connectivity index (χ0v) is 19.7. The largest absolute Gasteiger partial charge is 0.381 e. The summed E-state index contributed by atoms with van der Waals surface area (Å²) in [6.07, 6.45) is 25.3. The summed E-state index contributed by atoms with van der Waals surface area (Å²) in [6, 6.07) is 0. The third-order valence-electron chi connectivity index (χ3n) is 5.86. The van der Waals surface area contributed by atoms with E-state index in [1.165, 1.54) is 116 Å². The molecule has 0 fully saturated rings. The van der Waals surface area contributed by atoms with Crippen molar-refractivity contribution < 1.29 is 4.74 Å². The van der Waals surface area contributed by atoms with Crippen molar-refractivity contribution >= 4 is 0 Å². The summed E-state index contributed by atoms with van der Waals surface area (Å²) in [5, 5.41) is 0. The second-order valence-electron chi connectivity index (χ2n) is 9.30. The van der Waals surface area contributed by atoms with Crippen molar-refractivity contribution in [1.82, 2.24) is 0 Å². The Hall–Kier alpha value is -0.0400. The number of unbranched alkanes of at least 4 members (excludes halogenated alkanes) is 12. The minimum absolute atomic E-state index is 0.810. The van der Waals surface area contributed by atoms with E-state index >= 15 is 0 Å². The highest BCUT2D eigenvalue weighted by atomic mass is 16.5. The van der Waals surface area contributed by atoms with Crippen LogP contribution < -0.4 is 0 Å². The third-order valence-corrected chi connectivity index (χ3v) is 5.86. The molecule has 0 rings (SSSR count). The molecule has 0 spiro atoms. The Morgan fingerprint density at radius 2 is 0.963 bits per heavy atom. The van der Waals surface area contributed by atoms with Crippen molar-refractivity contribution in [2.75, 3.05) is 13.2 Å². The molecule has 0 aliphatic heterocycles. The van der Waals surface area contributed by atoms with Gasteiger partial charge in [0.1, 0.15) is 0 Å². The van der Waals surface area contributed by atoms with E-state index in [1.807, 2.05) is 0 Å². The molecule has 0 amide bonds. The molecule has 0 aromatic carbocycles. The summed E-state index contributed by atoms with van der Waals surface area (Å²) >= 11 is 0. The average Bonchev–Trinajstić information content (AvgIpc) is 2.65. The fourth-order valence-electron chi connectivity index (χ4n) is 3.93. The molecule has 27 heavy (non-hydrogen) atoms. The van der Waals surface area contributed by atoms with Gasteiger partial charge in [0.05, 0.1) is 0 Å². The average molecular weight is 383 g/mol. The van der Waals surface area contributed by atoms with Gasteiger partial charge >= 0.3 is 0 Å². The maximum Gasteiger partial charge on any atom is 0.0494 e. The summed E-state index contributed by atoms with van der Waals surface area (Å²) in [5.74, 6) is 1.63. The van der Waals surface area contributed by atoms with Crippen molar-refractivity contribution in [1.29, 1.82) is 0 Å². The van der Waals surface area contributed by atoms with Crippen LogP contribution in [0.4, 0.5) is 0 Å². The quantitative estimate of drug-likeness (QED) is 0.169. The lowest BCUT2D eigenvalue weighted by atomic mass is 9.94. The summed E-state index contributed by atoms with van der Waals surface area (Å²) in [6.45, 7) is 11.2. The number of ether oxygens (including phenoxy) is 1. The lowest BCUT2D eigenvalue weighted by Gasteiger charge is -2.17. The van der Waals surface area contributed by atoms with E-state index in [0.29, 0.717) is 0 Å². The first-order valence-corrected chi connectivity index (χ1v) is 12.8. The smallest absolute Gasteiger partial charge is 0.0494 e. The van der Waals surface area contributed by atoms with Crippen LogP contribution in [0.2, 0.25) is 0 Å². The molecule has 0 aliphatic carbocycles. The predicted molar refractivity (Wildman–Crippen MR) is 124 cm³/mol. The maximum absolute atomic E-state index is 6.06. The van der Waals surface area contributed by atoms with Crippen molar-refractivity contribution in [3.63, 3.8) is 0 Å². The van der Waals surface area contributed by atoms with Gasteiger partial charge in [0, 0.05) is 13.2 Å². The molecule has 0 heterocycles. The van der Waals surface area contributed by atoms with Gasteiger partial charge in [-0.25, -0.2) is 0 Å². The second-order valence-corrected chi connectivity index (χ2v) is 9.30. The fourth-order valence-corrected chi connectivity index (χ4v) is 3.93. The van der Waals surface area contributed by atoms with E-state index in [1.54, 1.807) is 0 Å². The first-order valence-electron chi connectivity index (χ1n) is 12.8. The van der Waals surface area contributed by atoms with Gasteiger partial charge < -0.3 is 4.74 Å². The molecule has 0 aliphatic rings. The molecule has 1 unspecified atom stereocenters. The Morgan fingerprint density at radius 1 is 0.519 bits per heavy atom. The van der Waals surface area contributed by atoms with Gasteiger partial charge in [-0.2, -0.15) is 0 Å². The van der Waals surface area contributed by atoms with Crippen LogP contribution in [0.1, 0.15) is 143 Å². The lowest BCUT2D eigenvalue weighted by Crippen LogP contribution is -2.11. The number of rotatable bonds is 22. The molecule has 0 aromatic rings. The van der Waals surface area contributed by atoms with E-state index in [9.17, 15) is 0 Å². The topological polar surface area (TPSA) is 9.23 Å². The van der Waals surface area contributed by atoms with E-state index in [4.69, 9.17) is 4.74 Å². The molecular formula is C26H54O. The molecular weight excluding hydrogens is 328 g/mol. The van der Waals surface area contributed by atoms with Crippen LogP contribution in [0.5, 0.6) is 0 Å². The van der Waals surface area contributed by atoms with E-state index in [0.717, 1.165) is 25.0 Å². The van der Waals surface area contributed by atoms with Gasteiger partial charge in [0.2, 0.25) is 0 Å². The molecule has 0 aromatic heterocycles. The predicted octanol–water partition coefficient (Wildman–Crippen LogP) is 9.34. The first kappa shape index (κ1) is 27.0. The highest BCUT2D eigenvalue weighted by Crippen LogP contribution is 2.20. The molecule has 1 atom stereocenters. The standard InChI is InChI=1S/C26H54O/c1-5-7-9-11-13-14-16-18-22-26(21-17-15-12-10-8-6-2)24-27-23-19-20-25(3)4/h25-26H,5-24H2,1-4H3. The second kappa shape index (κ2) is 22.3. The zero-order chi connectivity index (χ0) is 20.0. The Balaban J connectivity index is 3.80. The van der Waals surface area contributed by atoms with Gasteiger partial charge in [0.25, 0.3) is 0 Å². The third kappa shape index (κ3) is 22.1. The van der Waals surface area contributed by atoms with Crippen LogP contribution in [-0.4, -0.2) is 13.2 Å². The minimum Gasteiger partial charge on any atom is -0.381 e. The Bertz CT molecular complexity index is 261. The Labute approximate surface area is 173 Å². The molecule has 1 nitrogen and oxygen atoms in total. The Morgan fingerprint density at radius 3 is 1.41 bits per heavy atom. The van der Waals surface area contributed by atoms with Crippen LogP contribution in [0.3, 0.4) is 0 Å². The van der Waals surface area contributed by atoms with Gasteiger partial charge in [-0.05, 0) is 37.5 Å². The van der Waals surface area contributed by atoms with E-state index < -0.39 is 0 Å². The van der Waals surface area contributed by atoms with Crippen LogP contribution in [0, 0.1) is 11.8 Å². The highest BCUT2D eigenvalue weighted by molar-refractivity contribution is 4.61. The van der Waals surface area contributed by atoms with Gasteiger partial charge in [-0.3, -0.25) is 0 Å². The highest BCUT2D eigenvalue weighted by Gasteiger charge is 2.09. The number of hydrogen-bond acceptors (Lipinski definition) is 1. The maximum atomic E-state index is 6.06. The molecule has 0 N–H and O–H groups in total. The molecule has 1 heteroatoms. The summed E-state index contributed by atoms with van der Waals surface area (Å²) in [7, 11) is 0. The number of hydrogen-bond donors (Lipinski definition) is 0. The molecule has 0 radical (unpaired) electrons. The van der Waals surface area contributed by atoms with E-state index in [2.05, 4.69) is 27.7 Å². The SMILES string of the molecule is CCCCCCCCCCC(CCCCCCCC)COCCCC(C)C. The first-order chi connectivity index (χ1) is 13.2. The van der Waals surface area contributed by atoms with Crippen molar-refractivity contribution in [3.05, 3.63) is 0 Å². The van der Waals surface area contributed by atoms with E-state index in [-0.39, 0.29) is 0 Å². The van der Waals surface area contributed by atoms with Gasteiger partial charge in [-0.1, -0.05) is 118 Å². The molecule has 0 bridgehead atoms. The van der Waals surface area contributed by atoms with Crippen LogP contribution in [0.15, 0.2) is 0 Å². The lowest BCUT2D eigenvalue weighted by molar-refractivity contribution is 0.0865. The monoisotopic (exact) mass is 382 g/mol.